The number of fused-ring (bicyclic) bond motifs is 7. The second-order valence-corrected chi connectivity index (χ2v) is 25.6. The Kier molecular flexibility index (Phi) is 9.99. The molecule has 0 aromatic carbocycles. The molecule has 4 heterocycles. The summed E-state index contributed by atoms with van der Waals surface area (Å²) in [5, 5.41) is 0. The number of likely N-dealkylation sites (tertiary alicyclic amines) is 2. The van der Waals surface area contributed by atoms with E-state index in [0.29, 0.717) is 40.3 Å². The molecular weight excluding hydrogens is 702 g/mol. The molecule has 46 heavy (non-hydrogen) atoms. The number of amides is 1. The van der Waals surface area contributed by atoms with Crippen molar-refractivity contribution in [2.45, 2.75) is 157 Å². The molecule has 0 N–H and O–H groups in total. The normalized spacial score (nSPS) is 46.2. The quantitative estimate of drug-likeness (QED) is 0.113. The summed E-state index contributed by atoms with van der Waals surface area (Å²) >= 11 is -1.34. The van der Waals surface area contributed by atoms with Crippen molar-refractivity contribution in [1.29, 1.82) is 0 Å². The third kappa shape index (κ3) is 5.76. The monoisotopic (exact) mass is 768 g/mol. The molecule has 0 bridgehead atoms. The standard InChI is InChI=1S/C39H66IN2O3P/c1-26(24-27(2)46)35(43)45-31-13-18-37(4)30(28(31)3)12-17-38(5)32(37)15-20-40-33(38)14-19-39(16-8-11-34(39)40)36(44)42-23-9-10-29(42)25-41-21-6-7-22-41/h26-34H,6-25,46H2,1-5H3. The van der Waals surface area contributed by atoms with Crippen molar-refractivity contribution in [3.63, 3.8) is 0 Å². The minimum absolute atomic E-state index is 0.00109. The Morgan fingerprint density at radius 3 is 2.39 bits per heavy atom. The Bertz CT molecular complexity index is 1150. The van der Waals surface area contributed by atoms with Crippen LogP contribution in [-0.4, -0.2) is 77.9 Å². The summed E-state index contributed by atoms with van der Waals surface area (Å²) in [5.74, 6) is 2.53. The fraction of sp³-hybridized carbons (Fsp3) is 0.949. The second-order valence-electron chi connectivity index (χ2n) is 17.9. The molecule has 7 aliphatic rings. The zero-order valence-corrected chi connectivity index (χ0v) is 33.2. The van der Waals surface area contributed by atoms with Gasteiger partial charge in [-0.2, -0.15) is 0 Å². The van der Waals surface area contributed by atoms with Gasteiger partial charge in [0.05, 0.1) is 0 Å². The zero-order valence-electron chi connectivity index (χ0n) is 29.9. The van der Waals surface area contributed by atoms with E-state index >= 15 is 0 Å². The van der Waals surface area contributed by atoms with Gasteiger partial charge in [0.25, 0.3) is 0 Å². The Morgan fingerprint density at radius 1 is 0.870 bits per heavy atom. The summed E-state index contributed by atoms with van der Waals surface area (Å²) in [6.45, 7) is 16.7. The van der Waals surface area contributed by atoms with Gasteiger partial charge in [-0.15, -0.1) is 9.24 Å². The maximum absolute atomic E-state index is 14.8. The fourth-order valence-electron chi connectivity index (χ4n) is 13.1. The molecule has 7 rings (SSSR count). The molecule has 3 saturated carbocycles. The number of esters is 1. The van der Waals surface area contributed by atoms with Crippen LogP contribution in [0.2, 0.25) is 0 Å². The van der Waals surface area contributed by atoms with E-state index in [4.69, 9.17) is 4.74 Å². The predicted molar refractivity (Wildman–Crippen MR) is 201 cm³/mol. The molecule has 0 spiro atoms. The van der Waals surface area contributed by atoms with Crippen molar-refractivity contribution in [2.75, 3.05) is 30.6 Å². The molecular formula is C39H66IN2O3P. The molecule has 1 amide bonds. The second kappa shape index (κ2) is 13.3. The maximum atomic E-state index is 14.8. The first-order valence-corrected chi connectivity index (χ1v) is 24.3. The molecule has 0 aromatic heterocycles. The van der Waals surface area contributed by atoms with Gasteiger partial charge in [-0.25, -0.2) is 0 Å². The topological polar surface area (TPSA) is 49.9 Å². The SMILES string of the molecule is CC(P)CC(C)C(=O)OC1CCC2(C)C(CCC3(C)C4CCC5(C(=O)N6CCCC6CN6CCCC6)CCCC5I4CCC23)C1C. The molecule has 3 aliphatic carbocycles. The van der Waals surface area contributed by atoms with Crippen molar-refractivity contribution in [1.82, 2.24) is 9.80 Å². The Hall–Kier alpha value is 0.0600. The van der Waals surface area contributed by atoms with Crippen LogP contribution in [0.15, 0.2) is 0 Å². The number of hydrogen-bond donors (Lipinski definition) is 0. The van der Waals surface area contributed by atoms with Gasteiger partial charge in [0.15, 0.2) is 0 Å². The number of carbonyl (C=O) groups is 2. The minimum atomic E-state index is -1.34. The molecule has 0 aromatic rings. The zero-order chi connectivity index (χ0) is 32.4. The summed E-state index contributed by atoms with van der Waals surface area (Å²) in [4.78, 5) is 33.0. The molecule has 7 fully saturated rings. The van der Waals surface area contributed by atoms with Gasteiger partial charge in [-0.3, -0.25) is 0 Å². The van der Waals surface area contributed by atoms with Crippen molar-refractivity contribution >= 4 is 40.9 Å². The van der Waals surface area contributed by atoms with E-state index in [-0.39, 0.29) is 23.4 Å². The molecule has 13 atom stereocenters. The summed E-state index contributed by atoms with van der Waals surface area (Å²) in [5.41, 5.74) is 1.25. The van der Waals surface area contributed by atoms with Crippen molar-refractivity contribution < 1.29 is 14.3 Å². The first kappa shape index (κ1) is 34.5. The van der Waals surface area contributed by atoms with Gasteiger partial charge in [0.1, 0.15) is 0 Å². The summed E-state index contributed by atoms with van der Waals surface area (Å²) in [6.07, 6.45) is 18.8. The average molecular weight is 769 g/mol. The van der Waals surface area contributed by atoms with E-state index in [0.717, 1.165) is 39.7 Å². The van der Waals surface area contributed by atoms with Gasteiger partial charge < -0.3 is 0 Å². The molecule has 13 unspecified atom stereocenters. The van der Waals surface area contributed by atoms with E-state index in [1.165, 1.54) is 101 Å². The van der Waals surface area contributed by atoms with E-state index < -0.39 is 19.8 Å². The van der Waals surface area contributed by atoms with Crippen LogP contribution in [0.1, 0.15) is 131 Å². The predicted octanol–water partition coefficient (Wildman–Crippen LogP) is 8.35. The van der Waals surface area contributed by atoms with E-state index in [2.05, 4.69) is 46.7 Å². The van der Waals surface area contributed by atoms with Crippen LogP contribution in [-0.2, 0) is 14.3 Å². The number of alkyl halides is 3. The molecule has 4 saturated heterocycles. The first-order chi connectivity index (χ1) is 22.0. The van der Waals surface area contributed by atoms with Crippen LogP contribution in [0.5, 0.6) is 0 Å². The van der Waals surface area contributed by atoms with Crippen LogP contribution in [0, 0.1) is 39.9 Å². The summed E-state index contributed by atoms with van der Waals surface area (Å²) in [6, 6.07) is 0.472. The van der Waals surface area contributed by atoms with Gasteiger partial charge in [0, 0.05) is 0 Å². The number of hydrogen-bond acceptors (Lipinski definition) is 4. The Morgan fingerprint density at radius 2 is 1.63 bits per heavy atom. The third-order valence-corrected chi connectivity index (χ3v) is 25.1. The van der Waals surface area contributed by atoms with Gasteiger partial charge >= 0.3 is 276 Å². The number of carbonyl (C=O) groups excluding carboxylic acids is 2. The average Bonchev–Trinajstić information content (AvgIpc) is 3.80. The van der Waals surface area contributed by atoms with Gasteiger partial charge in [-0.05, 0) is 0 Å². The molecule has 262 valence electrons. The van der Waals surface area contributed by atoms with Gasteiger partial charge in [0.2, 0.25) is 0 Å². The van der Waals surface area contributed by atoms with E-state index in [1.54, 1.807) is 0 Å². The van der Waals surface area contributed by atoms with E-state index in [9.17, 15) is 9.59 Å². The number of ether oxygens (including phenoxy) is 1. The number of rotatable bonds is 7. The number of halogens is 1. The summed E-state index contributed by atoms with van der Waals surface area (Å²) in [7, 11) is 2.83. The van der Waals surface area contributed by atoms with Crippen LogP contribution in [0.3, 0.4) is 0 Å². The molecule has 5 nitrogen and oxygen atoms in total. The van der Waals surface area contributed by atoms with Crippen LogP contribution >= 0.6 is 29.1 Å². The van der Waals surface area contributed by atoms with E-state index in [1.807, 2.05) is 6.92 Å². The third-order valence-electron chi connectivity index (χ3n) is 15.3. The van der Waals surface area contributed by atoms with Crippen LogP contribution in [0.4, 0.5) is 0 Å². The molecule has 0 radical (unpaired) electrons. The Balaban J connectivity index is 1.05. The molecule has 4 aliphatic heterocycles. The van der Waals surface area contributed by atoms with Crippen LogP contribution in [0.25, 0.3) is 0 Å². The van der Waals surface area contributed by atoms with Crippen LogP contribution < -0.4 is 0 Å². The van der Waals surface area contributed by atoms with Crippen molar-refractivity contribution in [3.05, 3.63) is 0 Å². The number of nitrogens with zero attached hydrogens (tertiary/aromatic N) is 2. The Labute approximate surface area is 290 Å². The molecule has 7 heteroatoms. The summed E-state index contributed by atoms with van der Waals surface area (Å²) < 4.78 is 9.48. The van der Waals surface area contributed by atoms with Crippen molar-refractivity contribution in [2.24, 2.45) is 39.9 Å². The van der Waals surface area contributed by atoms with Gasteiger partial charge in [-0.1, -0.05) is 6.92 Å². The first-order valence-electron chi connectivity index (χ1n) is 19.6. The van der Waals surface area contributed by atoms with Crippen molar-refractivity contribution in [3.8, 4) is 0 Å². The fourth-order valence-corrected chi connectivity index (χ4v) is 24.7.